The monoisotopic (exact) mass is 509 g/mol. The molecule has 0 saturated carbocycles. The van der Waals surface area contributed by atoms with Gasteiger partial charge in [0, 0.05) is 44.2 Å². The molecule has 0 N–H and O–H groups in total. The number of benzene rings is 6. The zero-order chi connectivity index (χ0) is 26.2. The second kappa shape index (κ2) is 8.05. The number of nitrogens with zero attached hydrogens (tertiary/aromatic N) is 3. The second-order valence-corrected chi connectivity index (χ2v) is 10.4. The average Bonchev–Trinajstić information content (AvgIpc) is 3.53. The van der Waals surface area contributed by atoms with Crippen molar-refractivity contribution in [1.29, 1.82) is 0 Å². The fourth-order valence-electron chi connectivity index (χ4n) is 6.60. The molecule has 0 aliphatic carbocycles. The van der Waals surface area contributed by atoms with Crippen LogP contribution >= 0.6 is 0 Å². The van der Waals surface area contributed by atoms with Crippen LogP contribution in [0.1, 0.15) is 0 Å². The van der Waals surface area contributed by atoms with E-state index in [0.717, 1.165) is 16.7 Å². The molecule has 0 spiro atoms. The third kappa shape index (κ3) is 2.86. The summed E-state index contributed by atoms with van der Waals surface area (Å²) in [5, 5.41) is 9.80. The van der Waals surface area contributed by atoms with Crippen molar-refractivity contribution < 1.29 is 0 Å². The molecule has 0 unspecified atom stereocenters. The Labute approximate surface area is 230 Å². The van der Waals surface area contributed by atoms with Crippen LogP contribution in [-0.2, 0) is 0 Å². The fourth-order valence-corrected chi connectivity index (χ4v) is 6.60. The highest BCUT2D eigenvalue weighted by Gasteiger charge is 2.19. The van der Waals surface area contributed by atoms with Crippen LogP contribution in [0.15, 0.2) is 140 Å². The summed E-state index contributed by atoms with van der Waals surface area (Å²) in [6.45, 7) is 0. The van der Waals surface area contributed by atoms with E-state index in [1.54, 1.807) is 0 Å². The highest BCUT2D eigenvalue weighted by atomic mass is 15.1. The van der Waals surface area contributed by atoms with Crippen molar-refractivity contribution in [2.75, 3.05) is 0 Å². The molecule has 3 heteroatoms. The van der Waals surface area contributed by atoms with Crippen LogP contribution in [0.4, 0.5) is 0 Å². The lowest BCUT2D eigenvalue weighted by molar-refractivity contribution is 1.10. The average molecular weight is 510 g/mol. The molecule has 3 heterocycles. The van der Waals surface area contributed by atoms with Crippen molar-refractivity contribution in [3.8, 4) is 11.5 Å². The van der Waals surface area contributed by atoms with E-state index in [0.29, 0.717) is 0 Å². The van der Waals surface area contributed by atoms with Gasteiger partial charge < -0.3 is 4.57 Å². The molecule has 3 aromatic heterocycles. The van der Waals surface area contributed by atoms with Gasteiger partial charge in [-0.1, -0.05) is 91.0 Å². The minimum Gasteiger partial charge on any atom is -0.309 e. The SMILES string of the molecule is c1ccc(-n2c3ccccc3c3ccc4cc5c(cc4c32)c2ccccc2n5-c2nccc3ccccc23)cc1. The first kappa shape index (κ1) is 21.5. The van der Waals surface area contributed by atoms with Crippen molar-refractivity contribution in [1.82, 2.24) is 14.1 Å². The maximum absolute atomic E-state index is 4.92. The molecular weight excluding hydrogens is 486 g/mol. The van der Waals surface area contributed by atoms with E-state index < -0.39 is 0 Å². The van der Waals surface area contributed by atoms with Gasteiger partial charge in [0.15, 0.2) is 0 Å². The van der Waals surface area contributed by atoms with Gasteiger partial charge in [-0.3, -0.25) is 4.57 Å². The van der Waals surface area contributed by atoms with Gasteiger partial charge in [-0.05, 0) is 53.2 Å². The predicted octanol–water partition coefficient (Wildman–Crippen LogP) is 9.58. The number of para-hydroxylation sites is 3. The number of rotatable bonds is 2. The van der Waals surface area contributed by atoms with Crippen LogP contribution in [0.2, 0.25) is 0 Å². The van der Waals surface area contributed by atoms with Gasteiger partial charge in [0.25, 0.3) is 0 Å². The maximum Gasteiger partial charge on any atom is 0.145 e. The Morgan fingerprint density at radius 2 is 1.07 bits per heavy atom. The molecule has 3 nitrogen and oxygen atoms in total. The normalized spacial score (nSPS) is 12.0. The zero-order valence-corrected chi connectivity index (χ0v) is 21.6. The molecule has 0 aliphatic heterocycles. The summed E-state index contributed by atoms with van der Waals surface area (Å²) in [7, 11) is 0. The van der Waals surface area contributed by atoms with Crippen LogP contribution in [0.25, 0.3) is 76.7 Å². The summed E-state index contributed by atoms with van der Waals surface area (Å²) in [5.74, 6) is 0.961. The first-order chi connectivity index (χ1) is 19.9. The van der Waals surface area contributed by atoms with Crippen LogP contribution in [0.5, 0.6) is 0 Å². The molecular formula is C37H23N3. The first-order valence-electron chi connectivity index (χ1n) is 13.7. The van der Waals surface area contributed by atoms with Crippen molar-refractivity contribution in [3.63, 3.8) is 0 Å². The van der Waals surface area contributed by atoms with Crippen LogP contribution in [0.3, 0.4) is 0 Å². The molecule has 0 amide bonds. The Bertz CT molecular complexity index is 2420. The van der Waals surface area contributed by atoms with E-state index in [2.05, 4.69) is 143 Å². The van der Waals surface area contributed by atoms with Gasteiger partial charge >= 0.3 is 0 Å². The summed E-state index contributed by atoms with van der Waals surface area (Å²) >= 11 is 0. The summed E-state index contributed by atoms with van der Waals surface area (Å²) in [5.41, 5.74) is 5.96. The summed E-state index contributed by atoms with van der Waals surface area (Å²) in [6, 6.07) is 48.0. The van der Waals surface area contributed by atoms with E-state index in [1.165, 1.54) is 59.9 Å². The van der Waals surface area contributed by atoms with Gasteiger partial charge in [0.05, 0.1) is 22.1 Å². The summed E-state index contributed by atoms with van der Waals surface area (Å²) in [4.78, 5) is 4.92. The lowest BCUT2D eigenvalue weighted by Crippen LogP contribution is -1.98. The van der Waals surface area contributed by atoms with Crippen molar-refractivity contribution >= 4 is 65.2 Å². The van der Waals surface area contributed by atoms with Crippen LogP contribution < -0.4 is 0 Å². The first-order valence-corrected chi connectivity index (χ1v) is 13.7. The molecule has 9 aromatic rings. The number of fused-ring (bicyclic) bond motifs is 9. The Hall–Kier alpha value is -5.41. The van der Waals surface area contributed by atoms with E-state index in [-0.39, 0.29) is 0 Å². The van der Waals surface area contributed by atoms with Crippen LogP contribution in [-0.4, -0.2) is 14.1 Å². The third-order valence-corrected chi connectivity index (χ3v) is 8.32. The van der Waals surface area contributed by atoms with Crippen molar-refractivity contribution in [2.24, 2.45) is 0 Å². The topological polar surface area (TPSA) is 22.8 Å². The molecule has 0 aliphatic rings. The fraction of sp³-hybridized carbons (Fsp3) is 0. The van der Waals surface area contributed by atoms with Crippen molar-refractivity contribution in [2.45, 2.75) is 0 Å². The number of aromatic nitrogens is 3. The lowest BCUT2D eigenvalue weighted by atomic mass is 10.0. The number of hydrogen-bond acceptors (Lipinski definition) is 1. The smallest absolute Gasteiger partial charge is 0.145 e. The number of pyridine rings is 1. The highest BCUT2D eigenvalue weighted by molar-refractivity contribution is 6.23. The zero-order valence-electron chi connectivity index (χ0n) is 21.6. The Morgan fingerprint density at radius 3 is 1.90 bits per heavy atom. The molecule has 0 radical (unpaired) electrons. The molecule has 9 rings (SSSR count). The molecule has 0 bridgehead atoms. The van der Waals surface area contributed by atoms with E-state index >= 15 is 0 Å². The molecule has 186 valence electrons. The summed E-state index contributed by atoms with van der Waals surface area (Å²) in [6.07, 6.45) is 1.92. The largest absolute Gasteiger partial charge is 0.309 e. The van der Waals surface area contributed by atoms with Gasteiger partial charge in [-0.25, -0.2) is 4.98 Å². The minimum absolute atomic E-state index is 0.961. The van der Waals surface area contributed by atoms with E-state index in [9.17, 15) is 0 Å². The molecule has 6 aromatic carbocycles. The predicted molar refractivity (Wildman–Crippen MR) is 168 cm³/mol. The number of hydrogen-bond donors (Lipinski definition) is 0. The van der Waals surface area contributed by atoms with Gasteiger partial charge in [0.1, 0.15) is 5.82 Å². The van der Waals surface area contributed by atoms with E-state index in [4.69, 9.17) is 4.98 Å². The Morgan fingerprint density at radius 1 is 0.400 bits per heavy atom. The molecule has 0 saturated heterocycles. The maximum atomic E-state index is 4.92. The molecule has 40 heavy (non-hydrogen) atoms. The second-order valence-electron chi connectivity index (χ2n) is 10.4. The van der Waals surface area contributed by atoms with Gasteiger partial charge in [-0.15, -0.1) is 0 Å². The summed E-state index contributed by atoms with van der Waals surface area (Å²) < 4.78 is 4.76. The highest BCUT2D eigenvalue weighted by Crippen LogP contribution is 2.41. The standard InChI is InChI=1S/C37H23N3/c1-2-11-26(12-3-1)39-33-16-8-6-14-28(33)30-19-18-25-22-35-32(23-31(25)36(30)39)29-15-7-9-17-34(29)40(35)37-27-13-5-4-10-24(27)20-21-38-37/h1-23H. The quantitative estimate of drug-likeness (QED) is 0.227. The van der Waals surface area contributed by atoms with Crippen LogP contribution in [0, 0.1) is 0 Å². The molecule has 0 atom stereocenters. The minimum atomic E-state index is 0.961. The van der Waals surface area contributed by atoms with Crippen molar-refractivity contribution in [3.05, 3.63) is 140 Å². The Balaban J connectivity index is 1.47. The lowest BCUT2D eigenvalue weighted by Gasteiger charge is -2.12. The van der Waals surface area contributed by atoms with E-state index in [1.807, 2.05) is 6.20 Å². The van der Waals surface area contributed by atoms with Gasteiger partial charge in [0.2, 0.25) is 0 Å². The Kier molecular flexibility index (Phi) is 4.33. The third-order valence-electron chi connectivity index (χ3n) is 8.32. The van der Waals surface area contributed by atoms with Gasteiger partial charge in [-0.2, -0.15) is 0 Å². The molecule has 0 fully saturated rings.